The Morgan fingerprint density at radius 3 is 2.28 bits per heavy atom. The SMILES string of the molecule is C=C(C)[C@@H]1C=C[C@H](OC(=O)c2cccnc2)[C@@]23CO[C@@](C)([C@@H]12)[C@H](OC(C)=O)[C@]1(OC(C)=O)C[C@@H](C)[C@@H](OC(=O)CC)[C@H]1[C@@H]3OC(C)=O. The fraction of sp³-hybridized carbons (Fsp3) is 0.600. The van der Waals surface area contributed by atoms with E-state index in [4.69, 9.17) is 28.4 Å². The van der Waals surface area contributed by atoms with Gasteiger partial charge in [0.1, 0.15) is 23.9 Å². The number of fused-ring (bicyclic) bond motifs is 1. The molecule has 0 N–H and O–H groups in total. The molecule has 0 aromatic carbocycles. The first-order valence-corrected chi connectivity index (χ1v) is 15.9. The predicted octanol–water partition coefficient (Wildman–Crippen LogP) is 3.92. The quantitative estimate of drug-likeness (QED) is 0.227. The zero-order chi connectivity index (χ0) is 34.5. The number of hydrogen-bond acceptors (Lipinski definition) is 12. The molecule has 0 unspecified atom stereocenters. The Bertz CT molecular complexity index is 1490. The van der Waals surface area contributed by atoms with Gasteiger partial charge in [0.05, 0.1) is 23.5 Å². The minimum Gasteiger partial charge on any atom is -0.461 e. The van der Waals surface area contributed by atoms with Crippen LogP contribution in [0.1, 0.15) is 71.7 Å². The van der Waals surface area contributed by atoms with E-state index in [1.54, 1.807) is 32.1 Å². The molecule has 12 heteroatoms. The molecule has 1 aromatic heterocycles. The van der Waals surface area contributed by atoms with E-state index in [9.17, 15) is 24.0 Å². The first kappa shape index (κ1) is 34.3. The lowest BCUT2D eigenvalue weighted by molar-refractivity contribution is -0.246. The van der Waals surface area contributed by atoms with E-state index in [0.29, 0.717) is 0 Å². The molecule has 1 saturated heterocycles. The first-order valence-electron chi connectivity index (χ1n) is 15.9. The van der Waals surface area contributed by atoms with Crippen molar-refractivity contribution < 1.29 is 52.4 Å². The molecule has 47 heavy (non-hydrogen) atoms. The minimum absolute atomic E-state index is 0.0581. The third-order valence-corrected chi connectivity index (χ3v) is 10.3. The lowest BCUT2D eigenvalue weighted by Gasteiger charge is -2.51. The lowest BCUT2D eigenvalue weighted by Crippen LogP contribution is -2.64. The number of hydrogen-bond donors (Lipinski definition) is 0. The van der Waals surface area contributed by atoms with Gasteiger partial charge in [-0.05, 0) is 44.4 Å². The molecular weight excluding hydrogens is 610 g/mol. The van der Waals surface area contributed by atoms with Crippen molar-refractivity contribution in [2.75, 3.05) is 6.61 Å². The molecule has 5 rings (SSSR count). The van der Waals surface area contributed by atoms with Gasteiger partial charge in [-0.25, -0.2) is 4.79 Å². The summed E-state index contributed by atoms with van der Waals surface area (Å²) in [6.07, 6.45) is 2.15. The van der Waals surface area contributed by atoms with Crippen LogP contribution in [0.25, 0.3) is 0 Å². The summed E-state index contributed by atoms with van der Waals surface area (Å²) in [7, 11) is 0. The fourth-order valence-electron chi connectivity index (χ4n) is 8.90. The number of nitrogens with zero attached hydrogens (tertiary/aromatic N) is 1. The van der Waals surface area contributed by atoms with Gasteiger partial charge in [0.2, 0.25) is 0 Å². The van der Waals surface area contributed by atoms with E-state index in [2.05, 4.69) is 11.6 Å². The lowest BCUT2D eigenvalue weighted by atomic mass is 9.55. The van der Waals surface area contributed by atoms with Gasteiger partial charge in [-0.2, -0.15) is 0 Å². The summed E-state index contributed by atoms with van der Waals surface area (Å²) >= 11 is 0. The monoisotopic (exact) mass is 653 g/mol. The van der Waals surface area contributed by atoms with Crippen LogP contribution >= 0.6 is 0 Å². The first-order chi connectivity index (χ1) is 22.1. The van der Waals surface area contributed by atoms with Crippen LogP contribution in [0.15, 0.2) is 48.8 Å². The average molecular weight is 654 g/mol. The molecule has 0 spiro atoms. The van der Waals surface area contributed by atoms with Crippen molar-refractivity contribution >= 4 is 29.8 Å². The van der Waals surface area contributed by atoms with Gasteiger partial charge in [-0.15, -0.1) is 0 Å². The van der Waals surface area contributed by atoms with E-state index < -0.39 is 94.6 Å². The third-order valence-electron chi connectivity index (χ3n) is 10.3. The second-order valence-corrected chi connectivity index (χ2v) is 13.5. The fourth-order valence-corrected chi connectivity index (χ4v) is 8.90. The third kappa shape index (κ3) is 5.54. The topological polar surface area (TPSA) is 154 Å². The van der Waals surface area contributed by atoms with E-state index in [0.717, 1.165) is 5.57 Å². The van der Waals surface area contributed by atoms with Crippen LogP contribution < -0.4 is 0 Å². The number of ether oxygens (including phenoxy) is 6. The average Bonchev–Trinajstić information content (AvgIpc) is 3.45. The molecule has 4 aliphatic rings. The summed E-state index contributed by atoms with van der Waals surface area (Å²) in [4.78, 5) is 69.8. The van der Waals surface area contributed by atoms with Crippen molar-refractivity contribution in [1.82, 2.24) is 4.98 Å². The molecule has 3 aliphatic carbocycles. The number of allylic oxidation sites excluding steroid dienone is 2. The van der Waals surface area contributed by atoms with Gasteiger partial charge in [0.15, 0.2) is 11.7 Å². The maximum Gasteiger partial charge on any atom is 0.340 e. The highest BCUT2D eigenvalue weighted by Gasteiger charge is 2.82. The van der Waals surface area contributed by atoms with E-state index in [-0.39, 0.29) is 25.0 Å². The van der Waals surface area contributed by atoms with Crippen LogP contribution in [0.3, 0.4) is 0 Å². The molecule has 3 fully saturated rings. The molecule has 0 amide bonds. The normalized spacial score (nSPS) is 38.2. The van der Waals surface area contributed by atoms with E-state index in [1.165, 1.54) is 33.2 Å². The maximum absolute atomic E-state index is 13.6. The molecular formula is C35H43NO11. The van der Waals surface area contributed by atoms with Crippen LogP contribution in [-0.2, 0) is 47.6 Å². The molecule has 1 aromatic rings. The van der Waals surface area contributed by atoms with Crippen LogP contribution in [0.2, 0.25) is 0 Å². The van der Waals surface area contributed by atoms with Crippen LogP contribution in [0.4, 0.5) is 0 Å². The zero-order valence-electron chi connectivity index (χ0n) is 27.8. The summed E-state index contributed by atoms with van der Waals surface area (Å²) in [5, 5.41) is 0. The highest BCUT2D eigenvalue weighted by Crippen LogP contribution is 2.68. The van der Waals surface area contributed by atoms with Crippen molar-refractivity contribution in [3.63, 3.8) is 0 Å². The standard InChI is InChI=1S/C35H43NO11/c1-9-26(40)46-28-19(4)15-35(47-22(7)39)27(28)30(43-20(5)37)34-17-42-33(8,32(35)44-21(6)38)29(34)24(18(2)3)12-13-25(34)45-31(41)23-11-10-14-36-16-23/h10-14,16,19,24-25,27-30,32H,2,9,15,17H2,1,3-8H3/t19-,24+,25+,27+,28-,29-,30+,32+,33+,34+,35+/m1/s1. The second kappa shape index (κ2) is 12.5. The maximum atomic E-state index is 13.6. The van der Waals surface area contributed by atoms with Gasteiger partial charge in [0.25, 0.3) is 0 Å². The Labute approximate surface area is 274 Å². The minimum atomic E-state index is -1.69. The Hall–Kier alpha value is -4.06. The Kier molecular flexibility index (Phi) is 9.13. The number of aromatic nitrogens is 1. The molecule has 11 atom stereocenters. The molecule has 2 bridgehead atoms. The van der Waals surface area contributed by atoms with E-state index >= 15 is 0 Å². The predicted molar refractivity (Wildman–Crippen MR) is 164 cm³/mol. The number of pyridine rings is 1. The molecule has 0 radical (unpaired) electrons. The summed E-state index contributed by atoms with van der Waals surface area (Å²) in [6.45, 7) is 15.0. The van der Waals surface area contributed by atoms with Gasteiger partial charge in [-0.3, -0.25) is 24.2 Å². The Morgan fingerprint density at radius 1 is 1.00 bits per heavy atom. The number of esters is 5. The van der Waals surface area contributed by atoms with Gasteiger partial charge >= 0.3 is 29.8 Å². The van der Waals surface area contributed by atoms with Crippen molar-refractivity contribution in [3.05, 3.63) is 54.4 Å². The molecule has 254 valence electrons. The number of rotatable bonds is 8. The van der Waals surface area contributed by atoms with E-state index in [1.807, 2.05) is 19.9 Å². The summed E-state index contributed by atoms with van der Waals surface area (Å²) in [5.41, 5.74) is -3.53. The van der Waals surface area contributed by atoms with Crippen molar-refractivity contribution in [1.29, 1.82) is 0 Å². The van der Waals surface area contributed by atoms with Crippen LogP contribution in [0.5, 0.6) is 0 Å². The summed E-state index contributed by atoms with van der Waals surface area (Å²) in [6, 6.07) is 3.18. The number of carbonyl (C=O) groups excluding carboxylic acids is 5. The van der Waals surface area contributed by atoms with Crippen molar-refractivity contribution in [2.24, 2.45) is 29.1 Å². The Balaban J connectivity index is 1.85. The largest absolute Gasteiger partial charge is 0.461 e. The van der Waals surface area contributed by atoms with Crippen LogP contribution in [-0.4, -0.2) is 77.1 Å². The van der Waals surface area contributed by atoms with Gasteiger partial charge < -0.3 is 28.4 Å². The summed E-state index contributed by atoms with van der Waals surface area (Å²) in [5.74, 6) is -5.86. The highest BCUT2D eigenvalue weighted by molar-refractivity contribution is 5.89. The smallest absolute Gasteiger partial charge is 0.340 e. The second-order valence-electron chi connectivity index (χ2n) is 13.5. The zero-order valence-corrected chi connectivity index (χ0v) is 27.8. The molecule has 12 nitrogen and oxygen atoms in total. The van der Waals surface area contributed by atoms with Crippen molar-refractivity contribution in [3.8, 4) is 0 Å². The molecule has 2 heterocycles. The summed E-state index contributed by atoms with van der Waals surface area (Å²) < 4.78 is 37.9. The van der Waals surface area contributed by atoms with Crippen molar-refractivity contribution in [2.45, 2.75) is 96.9 Å². The van der Waals surface area contributed by atoms with Gasteiger partial charge in [0, 0.05) is 51.4 Å². The van der Waals surface area contributed by atoms with Crippen LogP contribution in [0, 0.1) is 29.1 Å². The molecule has 1 aliphatic heterocycles. The number of carbonyl (C=O) groups is 5. The Morgan fingerprint density at radius 2 is 1.70 bits per heavy atom. The highest BCUT2D eigenvalue weighted by atomic mass is 16.6. The molecule has 2 saturated carbocycles. The van der Waals surface area contributed by atoms with Gasteiger partial charge in [-0.1, -0.05) is 32.1 Å².